The van der Waals surface area contributed by atoms with Gasteiger partial charge in [-0.05, 0) is 56.8 Å². The second-order valence-corrected chi connectivity index (χ2v) is 11.2. The number of nitrogens with zero attached hydrogens (tertiary/aromatic N) is 6. The van der Waals surface area contributed by atoms with Crippen molar-refractivity contribution in [3.05, 3.63) is 46.6 Å². The van der Waals surface area contributed by atoms with Gasteiger partial charge in [0.1, 0.15) is 12.4 Å². The Labute approximate surface area is 220 Å². The largest absolute Gasteiger partial charge is 0.462 e. The molecule has 4 aliphatic rings. The summed E-state index contributed by atoms with van der Waals surface area (Å²) in [6.07, 6.45) is 7.10. The van der Waals surface area contributed by atoms with Gasteiger partial charge in [-0.3, -0.25) is 4.90 Å². The minimum atomic E-state index is 0.172. The molecule has 2 saturated heterocycles. The van der Waals surface area contributed by atoms with E-state index < -0.39 is 0 Å². The summed E-state index contributed by atoms with van der Waals surface area (Å²) in [7, 11) is 2.18. The molecule has 1 aromatic heterocycles. The van der Waals surface area contributed by atoms with Gasteiger partial charge in [-0.1, -0.05) is 24.3 Å². The van der Waals surface area contributed by atoms with Gasteiger partial charge in [0.15, 0.2) is 0 Å². The first-order valence-corrected chi connectivity index (χ1v) is 14.1. The summed E-state index contributed by atoms with van der Waals surface area (Å²) < 4.78 is 6.29. The smallest absolute Gasteiger partial charge is 0.318 e. The van der Waals surface area contributed by atoms with Crippen LogP contribution < -0.4 is 15.0 Å². The normalized spacial score (nSPS) is 26.4. The third kappa shape index (κ3) is 5.31. The average Bonchev–Trinajstić information content (AvgIpc) is 3.35. The molecule has 3 aliphatic heterocycles. The van der Waals surface area contributed by atoms with E-state index in [0.29, 0.717) is 31.1 Å². The lowest BCUT2D eigenvalue weighted by molar-refractivity contribution is 0.160. The second-order valence-electron chi connectivity index (χ2n) is 11.2. The van der Waals surface area contributed by atoms with E-state index in [2.05, 4.69) is 57.4 Å². The van der Waals surface area contributed by atoms with Crippen LogP contribution in [0.3, 0.4) is 0 Å². The molecule has 2 unspecified atom stereocenters. The minimum Gasteiger partial charge on any atom is -0.462 e. The van der Waals surface area contributed by atoms with Crippen LogP contribution in [0.25, 0.3) is 0 Å². The predicted octanol–water partition coefficient (Wildman–Crippen LogP) is 2.56. The van der Waals surface area contributed by atoms with Gasteiger partial charge in [-0.25, -0.2) is 0 Å². The maximum Gasteiger partial charge on any atom is 0.318 e. The number of ether oxygens (including phenoxy) is 1. The monoisotopic (exact) mass is 501 g/mol. The Morgan fingerprint density at radius 1 is 1.11 bits per heavy atom. The quantitative estimate of drug-likeness (QED) is 0.647. The predicted molar refractivity (Wildman–Crippen MR) is 144 cm³/mol. The first-order chi connectivity index (χ1) is 18.2. The number of fused-ring (bicyclic) bond motifs is 2. The van der Waals surface area contributed by atoms with Crippen LogP contribution in [0.2, 0.25) is 0 Å². The Morgan fingerprint density at radius 3 is 2.84 bits per heavy atom. The van der Waals surface area contributed by atoms with E-state index >= 15 is 0 Å². The van der Waals surface area contributed by atoms with Crippen LogP contribution in [0.15, 0.2) is 24.3 Å². The number of likely N-dealkylation sites (tertiary alicyclic amines) is 1. The van der Waals surface area contributed by atoms with Crippen molar-refractivity contribution in [2.45, 2.75) is 69.6 Å². The molecule has 1 N–H and O–H groups in total. The van der Waals surface area contributed by atoms with E-state index in [9.17, 15) is 5.26 Å². The molecule has 4 heterocycles. The van der Waals surface area contributed by atoms with Gasteiger partial charge in [-0.2, -0.15) is 15.2 Å². The molecule has 2 fully saturated rings. The Balaban J connectivity index is 1.25. The molecule has 0 saturated carbocycles. The number of nitriles is 1. The lowest BCUT2D eigenvalue weighted by atomic mass is 9.88. The van der Waals surface area contributed by atoms with Gasteiger partial charge in [0, 0.05) is 62.8 Å². The maximum absolute atomic E-state index is 9.26. The van der Waals surface area contributed by atoms with Gasteiger partial charge < -0.3 is 19.9 Å². The van der Waals surface area contributed by atoms with Crippen LogP contribution in [0, 0.1) is 11.3 Å². The van der Waals surface area contributed by atoms with Crippen LogP contribution in [0.1, 0.15) is 48.1 Å². The molecule has 37 heavy (non-hydrogen) atoms. The molecule has 0 radical (unpaired) electrons. The summed E-state index contributed by atoms with van der Waals surface area (Å²) >= 11 is 0. The highest BCUT2D eigenvalue weighted by atomic mass is 16.5. The molecular formula is C29H39N7O. The highest BCUT2D eigenvalue weighted by Crippen LogP contribution is 2.34. The molecule has 3 atom stereocenters. The van der Waals surface area contributed by atoms with Crippen molar-refractivity contribution in [1.82, 2.24) is 25.1 Å². The van der Waals surface area contributed by atoms with Crippen LogP contribution in [0.4, 0.5) is 5.82 Å². The van der Waals surface area contributed by atoms with Gasteiger partial charge in [0.2, 0.25) is 0 Å². The van der Waals surface area contributed by atoms with Crippen molar-refractivity contribution in [2.75, 3.05) is 51.3 Å². The molecule has 0 bridgehead atoms. The highest BCUT2D eigenvalue weighted by molar-refractivity contribution is 5.52. The Morgan fingerprint density at radius 2 is 2.00 bits per heavy atom. The summed E-state index contributed by atoms with van der Waals surface area (Å²) in [6, 6.07) is 12.8. The number of hydrogen-bond donors (Lipinski definition) is 1. The molecule has 0 amide bonds. The number of rotatable bonds is 6. The summed E-state index contributed by atoms with van der Waals surface area (Å²) in [6.45, 7) is 6.46. The molecular weight excluding hydrogens is 462 g/mol. The summed E-state index contributed by atoms with van der Waals surface area (Å²) in [4.78, 5) is 17.4. The molecule has 2 aromatic rings. The fourth-order valence-corrected chi connectivity index (χ4v) is 6.65. The first kappa shape index (κ1) is 24.6. The maximum atomic E-state index is 9.26. The van der Waals surface area contributed by atoms with E-state index in [4.69, 9.17) is 14.7 Å². The lowest BCUT2D eigenvalue weighted by Gasteiger charge is -2.39. The molecule has 196 valence electrons. The van der Waals surface area contributed by atoms with Crippen molar-refractivity contribution >= 4 is 5.82 Å². The van der Waals surface area contributed by atoms with Crippen LogP contribution in [-0.4, -0.2) is 84.3 Å². The Kier molecular flexibility index (Phi) is 7.27. The average molecular weight is 502 g/mol. The topological polar surface area (TPSA) is 80.5 Å². The van der Waals surface area contributed by atoms with E-state index in [1.54, 1.807) is 0 Å². The molecule has 1 aromatic carbocycles. The molecule has 6 rings (SSSR count). The zero-order valence-corrected chi connectivity index (χ0v) is 22.0. The number of piperazine rings is 1. The van der Waals surface area contributed by atoms with Crippen molar-refractivity contribution in [2.24, 2.45) is 0 Å². The van der Waals surface area contributed by atoms with E-state index in [1.807, 2.05) is 0 Å². The first-order valence-electron chi connectivity index (χ1n) is 14.1. The second kappa shape index (κ2) is 10.9. The van der Waals surface area contributed by atoms with Crippen LogP contribution >= 0.6 is 0 Å². The van der Waals surface area contributed by atoms with Gasteiger partial charge in [0.05, 0.1) is 18.2 Å². The summed E-state index contributed by atoms with van der Waals surface area (Å²) in [5.74, 6) is 1.03. The minimum absolute atomic E-state index is 0.172. The van der Waals surface area contributed by atoms with Crippen LogP contribution in [-0.2, 0) is 25.8 Å². The van der Waals surface area contributed by atoms with Crippen molar-refractivity contribution < 1.29 is 4.74 Å². The molecule has 1 aliphatic carbocycles. The fraction of sp³-hybridized carbons (Fsp3) is 0.621. The summed E-state index contributed by atoms with van der Waals surface area (Å²) in [5, 5.41) is 12.7. The number of nitrogens with one attached hydrogen (secondary N) is 1. The van der Waals surface area contributed by atoms with Gasteiger partial charge in [-0.15, -0.1) is 0 Å². The Bertz CT molecular complexity index is 1150. The van der Waals surface area contributed by atoms with E-state index in [0.717, 1.165) is 76.5 Å². The van der Waals surface area contributed by atoms with Crippen molar-refractivity contribution in [3.8, 4) is 12.1 Å². The van der Waals surface area contributed by atoms with Gasteiger partial charge in [0.25, 0.3) is 0 Å². The number of likely N-dealkylation sites (N-methyl/N-ethyl adjacent to an activating group) is 1. The highest BCUT2D eigenvalue weighted by Gasteiger charge is 2.33. The summed E-state index contributed by atoms with van der Waals surface area (Å²) in [5.41, 5.74) is 5.41. The number of benzene rings is 1. The van der Waals surface area contributed by atoms with Crippen molar-refractivity contribution in [1.29, 1.82) is 5.26 Å². The number of hydrogen-bond acceptors (Lipinski definition) is 8. The Hall–Kier alpha value is -2.73. The third-order valence-electron chi connectivity index (χ3n) is 8.85. The third-order valence-corrected chi connectivity index (χ3v) is 8.85. The zero-order valence-electron chi connectivity index (χ0n) is 22.0. The van der Waals surface area contributed by atoms with Crippen molar-refractivity contribution in [3.63, 3.8) is 0 Å². The molecule has 8 heteroatoms. The molecule has 0 spiro atoms. The fourth-order valence-electron chi connectivity index (χ4n) is 6.65. The number of anilines is 1. The van der Waals surface area contributed by atoms with E-state index in [1.165, 1.54) is 29.5 Å². The zero-order chi connectivity index (χ0) is 25.2. The van der Waals surface area contributed by atoms with E-state index in [-0.39, 0.29) is 6.04 Å². The standard InChI is InChI=1S/C29H39N7O/c1-34-14-4-7-25(34)20-37-29-32-27-17-24(35-15-11-21-5-2-3-6-22(21)18-35)8-9-26(27)28(33-29)36-16-13-31-23(19-36)10-12-30/h2-3,5-6,23-25,31H,4,7-11,13-20H2,1H3/t23-,24?,25?/m0/s1. The molecule has 8 nitrogen and oxygen atoms in total. The van der Waals surface area contributed by atoms with Gasteiger partial charge >= 0.3 is 6.01 Å². The number of aromatic nitrogens is 2. The lowest BCUT2D eigenvalue weighted by Crippen LogP contribution is -2.51. The van der Waals surface area contributed by atoms with Crippen LogP contribution in [0.5, 0.6) is 6.01 Å². The SMILES string of the molecule is CN1CCCC1COc1nc2c(c(N3CCN[C@@H](CC#N)C3)n1)CCC(N1CCc3ccccc3C1)C2.